The van der Waals surface area contributed by atoms with Crippen molar-refractivity contribution in [3.8, 4) is 9.75 Å². The van der Waals surface area contributed by atoms with Crippen LogP contribution in [0.25, 0.3) is 9.75 Å². The Labute approximate surface area is 110 Å². The monoisotopic (exact) mass is 270 g/mol. The van der Waals surface area contributed by atoms with Crippen LogP contribution in [0.3, 0.4) is 0 Å². The summed E-state index contributed by atoms with van der Waals surface area (Å²) in [5.74, 6) is 0. The largest absolute Gasteiger partial charge is 0.143 e. The van der Waals surface area contributed by atoms with Crippen LogP contribution >= 0.6 is 34.3 Å². The van der Waals surface area contributed by atoms with Crippen molar-refractivity contribution >= 4 is 34.3 Å². The fourth-order valence-corrected chi connectivity index (χ4v) is 4.02. The average Bonchev–Trinajstić information content (AvgIpc) is 2.89. The lowest BCUT2D eigenvalue weighted by Crippen LogP contribution is -1.85. The van der Waals surface area contributed by atoms with E-state index in [2.05, 4.69) is 29.8 Å². The Morgan fingerprint density at radius 2 is 2.12 bits per heavy atom. The maximum absolute atomic E-state index is 6.26. The Hall–Kier alpha value is -0.310. The molecule has 0 saturated heterocycles. The molecule has 0 fully saturated rings. The fourth-order valence-electron chi connectivity index (χ4n) is 1.76. The number of halogens is 1. The SMILES string of the molecule is CCCCCc1c(Cl)csc1-c1cccs1. The molecule has 0 saturated carbocycles. The van der Waals surface area contributed by atoms with Crippen molar-refractivity contribution in [3.63, 3.8) is 0 Å². The van der Waals surface area contributed by atoms with Gasteiger partial charge in [0.05, 0.1) is 5.02 Å². The summed E-state index contributed by atoms with van der Waals surface area (Å²) in [5, 5.41) is 5.14. The summed E-state index contributed by atoms with van der Waals surface area (Å²) in [6.07, 6.45) is 4.90. The van der Waals surface area contributed by atoms with E-state index < -0.39 is 0 Å². The summed E-state index contributed by atoms with van der Waals surface area (Å²) < 4.78 is 0. The summed E-state index contributed by atoms with van der Waals surface area (Å²) in [6.45, 7) is 2.23. The molecule has 2 aromatic rings. The molecule has 2 heterocycles. The molecule has 16 heavy (non-hydrogen) atoms. The van der Waals surface area contributed by atoms with E-state index in [-0.39, 0.29) is 0 Å². The van der Waals surface area contributed by atoms with E-state index in [1.54, 1.807) is 22.7 Å². The zero-order valence-electron chi connectivity index (χ0n) is 9.33. The maximum atomic E-state index is 6.26. The van der Waals surface area contributed by atoms with Gasteiger partial charge < -0.3 is 0 Å². The number of unbranched alkanes of at least 4 members (excludes halogenated alkanes) is 2. The number of rotatable bonds is 5. The first-order valence-corrected chi connectivity index (χ1v) is 7.76. The first kappa shape index (κ1) is 12.2. The Morgan fingerprint density at radius 1 is 1.25 bits per heavy atom. The average molecular weight is 271 g/mol. The molecule has 0 unspecified atom stereocenters. The molecule has 0 aliphatic rings. The van der Waals surface area contributed by atoms with Crippen LogP contribution in [0.5, 0.6) is 0 Å². The molecule has 0 aliphatic heterocycles. The third-order valence-electron chi connectivity index (χ3n) is 2.62. The van der Waals surface area contributed by atoms with Gasteiger partial charge in [-0.15, -0.1) is 22.7 Å². The van der Waals surface area contributed by atoms with E-state index in [4.69, 9.17) is 11.6 Å². The van der Waals surface area contributed by atoms with E-state index in [0.29, 0.717) is 0 Å². The minimum absolute atomic E-state index is 0.949. The molecule has 0 atom stereocenters. The highest BCUT2D eigenvalue weighted by atomic mass is 35.5. The van der Waals surface area contributed by atoms with E-state index in [0.717, 1.165) is 11.4 Å². The van der Waals surface area contributed by atoms with Crippen LogP contribution in [-0.2, 0) is 6.42 Å². The molecule has 0 aliphatic carbocycles. The van der Waals surface area contributed by atoms with Gasteiger partial charge >= 0.3 is 0 Å². The fraction of sp³-hybridized carbons (Fsp3) is 0.385. The predicted molar refractivity (Wildman–Crippen MR) is 75.9 cm³/mol. The van der Waals surface area contributed by atoms with Gasteiger partial charge in [0.15, 0.2) is 0 Å². The number of hydrogen-bond acceptors (Lipinski definition) is 2. The lowest BCUT2D eigenvalue weighted by Gasteiger charge is -2.02. The molecule has 0 aromatic carbocycles. The van der Waals surface area contributed by atoms with Gasteiger partial charge in [-0.05, 0) is 29.9 Å². The van der Waals surface area contributed by atoms with Gasteiger partial charge in [-0.25, -0.2) is 0 Å². The molecule has 86 valence electrons. The van der Waals surface area contributed by atoms with Crippen molar-refractivity contribution in [2.45, 2.75) is 32.6 Å². The molecule has 0 bridgehead atoms. The minimum atomic E-state index is 0.949. The summed E-state index contributed by atoms with van der Waals surface area (Å²) in [4.78, 5) is 2.72. The normalized spacial score (nSPS) is 10.9. The topological polar surface area (TPSA) is 0 Å². The van der Waals surface area contributed by atoms with Gasteiger partial charge in [-0.1, -0.05) is 37.4 Å². The van der Waals surface area contributed by atoms with Crippen LogP contribution in [0.15, 0.2) is 22.9 Å². The summed E-state index contributed by atoms with van der Waals surface area (Å²) in [7, 11) is 0. The molecule has 2 rings (SSSR count). The quantitative estimate of drug-likeness (QED) is 0.597. The van der Waals surface area contributed by atoms with Gasteiger partial charge in [-0.2, -0.15) is 0 Å². The zero-order chi connectivity index (χ0) is 11.4. The van der Waals surface area contributed by atoms with Crippen LogP contribution in [-0.4, -0.2) is 0 Å². The second-order valence-electron chi connectivity index (χ2n) is 3.83. The predicted octanol–water partition coefficient (Wildman–Crippen LogP) is 5.86. The van der Waals surface area contributed by atoms with Crippen molar-refractivity contribution < 1.29 is 0 Å². The van der Waals surface area contributed by atoms with Crippen LogP contribution in [0, 0.1) is 0 Å². The first-order chi connectivity index (χ1) is 7.83. The smallest absolute Gasteiger partial charge is 0.0551 e. The Morgan fingerprint density at radius 3 is 2.81 bits per heavy atom. The van der Waals surface area contributed by atoms with Crippen molar-refractivity contribution in [2.75, 3.05) is 0 Å². The lowest BCUT2D eigenvalue weighted by atomic mass is 10.1. The summed E-state index contributed by atoms with van der Waals surface area (Å²) >= 11 is 9.82. The highest BCUT2D eigenvalue weighted by Crippen LogP contribution is 2.38. The Kier molecular flexibility index (Phi) is 4.45. The lowest BCUT2D eigenvalue weighted by molar-refractivity contribution is 0.719. The number of thiophene rings is 2. The number of hydrogen-bond donors (Lipinski definition) is 0. The molecular weight excluding hydrogens is 256 g/mol. The van der Waals surface area contributed by atoms with Crippen LogP contribution in [0.4, 0.5) is 0 Å². The Bertz CT molecular complexity index is 429. The second kappa shape index (κ2) is 5.85. The van der Waals surface area contributed by atoms with Crippen LogP contribution in [0.2, 0.25) is 5.02 Å². The van der Waals surface area contributed by atoms with Crippen molar-refractivity contribution in [1.82, 2.24) is 0 Å². The van der Waals surface area contributed by atoms with Crippen LogP contribution < -0.4 is 0 Å². The van der Waals surface area contributed by atoms with Crippen molar-refractivity contribution in [3.05, 3.63) is 33.5 Å². The summed E-state index contributed by atoms with van der Waals surface area (Å²) in [5.41, 5.74) is 1.35. The highest BCUT2D eigenvalue weighted by molar-refractivity contribution is 7.20. The molecule has 0 amide bonds. The van der Waals surface area contributed by atoms with E-state index in [1.807, 2.05) is 0 Å². The minimum Gasteiger partial charge on any atom is -0.143 e. The molecular formula is C13H15ClS2. The van der Waals surface area contributed by atoms with Gasteiger partial charge in [0.2, 0.25) is 0 Å². The van der Waals surface area contributed by atoms with E-state index in [9.17, 15) is 0 Å². The van der Waals surface area contributed by atoms with Crippen molar-refractivity contribution in [1.29, 1.82) is 0 Å². The standard InChI is InChI=1S/C13H15ClS2/c1-2-3-4-6-10-11(14)9-16-13(10)12-7-5-8-15-12/h5,7-9H,2-4,6H2,1H3. The second-order valence-corrected chi connectivity index (χ2v) is 6.06. The summed E-state index contributed by atoms with van der Waals surface area (Å²) in [6, 6.07) is 4.28. The van der Waals surface area contributed by atoms with Crippen molar-refractivity contribution in [2.24, 2.45) is 0 Å². The van der Waals surface area contributed by atoms with Gasteiger partial charge in [0.25, 0.3) is 0 Å². The van der Waals surface area contributed by atoms with Gasteiger partial charge in [0.1, 0.15) is 0 Å². The first-order valence-electron chi connectivity index (χ1n) is 5.62. The van der Waals surface area contributed by atoms with Gasteiger partial charge in [0, 0.05) is 15.1 Å². The van der Waals surface area contributed by atoms with E-state index in [1.165, 1.54) is 34.6 Å². The molecule has 0 nitrogen and oxygen atoms in total. The molecule has 0 radical (unpaired) electrons. The molecule has 3 heteroatoms. The third-order valence-corrected chi connectivity index (χ3v) is 5.16. The molecule has 0 spiro atoms. The van der Waals surface area contributed by atoms with Gasteiger partial charge in [-0.3, -0.25) is 0 Å². The Balaban J connectivity index is 2.19. The zero-order valence-corrected chi connectivity index (χ0v) is 11.7. The third kappa shape index (κ3) is 2.68. The molecule has 2 aromatic heterocycles. The molecule has 0 N–H and O–H groups in total. The highest BCUT2D eigenvalue weighted by Gasteiger charge is 2.12. The van der Waals surface area contributed by atoms with Crippen LogP contribution in [0.1, 0.15) is 31.7 Å². The maximum Gasteiger partial charge on any atom is 0.0551 e. The van der Waals surface area contributed by atoms with E-state index >= 15 is 0 Å².